The number of methoxy groups -OCH3 is 1. The van der Waals surface area contributed by atoms with E-state index in [1.54, 1.807) is 25.3 Å². The molecular weight excluding hydrogens is 307 g/mol. The van der Waals surface area contributed by atoms with Crippen molar-refractivity contribution in [1.82, 2.24) is 4.90 Å². The van der Waals surface area contributed by atoms with E-state index in [1.807, 2.05) is 12.1 Å². The molecule has 1 heterocycles. The van der Waals surface area contributed by atoms with Gasteiger partial charge in [-0.3, -0.25) is 4.90 Å². The van der Waals surface area contributed by atoms with E-state index >= 15 is 0 Å². The number of rotatable bonds is 6. The Labute approximate surface area is 142 Å². The largest absolute Gasteiger partial charge is 0.497 e. The molecule has 1 aliphatic heterocycles. The maximum Gasteiger partial charge on any atom is 0.165 e. The quantitative estimate of drug-likeness (QED) is 0.813. The van der Waals surface area contributed by atoms with Gasteiger partial charge < -0.3 is 14.4 Å². The topological polar surface area (TPSA) is 24.9 Å². The fourth-order valence-electron chi connectivity index (χ4n) is 2.88. The molecule has 0 unspecified atom stereocenters. The third-order valence-corrected chi connectivity index (χ3v) is 4.29. The molecule has 5 heteroatoms. The molecule has 2 aromatic rings. The van der Waals surface area contributed by atoms with Gasteiger partial charge in [-0.1, -0.05) is 18.2 Å². The summed E-state index contributed by atoms with van der Waals surface area (Å²) in [6.07, 6.45) is 0. The third-order valence-electron chi connectivity index (χ3n) is 4.29. The fraction of sp³-hybridized carbons (Fsp3) is 0.368. The zero-order valence-corrected chi connectivity index (χ0v) is 14.0. The van der Waals surface area contributed by atoms with Crippen molar-refractivity contribution in [3.63, 3.8) is 0 Å². The minimum Gasteiger partial charge on any atom is -0.497 e. The highest BCUT2D eigenvalue weighted by Crippen LogP contribution is 2.22. The van der Waals surface area contributed by atoms with Gasteiger partial charge in [-0.25, -0.2) is 4.39 Å². The van der Waals surface area contributed by atoms with Crippen LogP contribution >= 0.6 is 0 Å². The number of para-hydroxylation sites is 1. The number of nitrogens with zero attached hydrogens (tertiary/aromatic N) is 2. The number of halogens is 1. The highest BCUT2D eigenvalue weighted by Gasteiger charge is 2.17. The Bertz CT molecular complexity index is 657. The summed E-state index contributed by atoms with van der Waals surface area (Å²) < 4.78 is 24.3. The molecule has 0 aliphatic carbocycles. The number of hydrogen-bond acceptors (Lipinski definition) is 4. The average Bonchev–Trinajstić information content (AvgIpc) is 2.64. The van der Waals surface area contributed by atoms with Gasteiger partial charge in [-0.2, -0.15) is 0 Å². The number of benzene rings is 2. The summed E-state index contributed by atoms with van der Waals surface area (Å²) in [6.45, 7) is 5.18. The minimum atomic E-state index is -0.305. The number of ether oxygens (including phenoxy) is 2. The van der Waals surface area contributed by atoms with Crippen molar-refractivity contribution >= 4 is 5.69 Å². The van der Waals surface area contributed by atoms with Crippen molar-refractivity contribution in [2.75, 3.05) is 51.3 Å². The van der Waals surface area contributed by atoms with Gasteiger partial charge in [0.15, 0.2) is 11.6 Å². The third kappa shape index (κ3) is 4.17. The maximum absolute atomic E-state index is 13.5. The van der Waals surface area contributed by atoms with Crippen molar-refractivity contribution in [1.29, 1.82) is 0 Å². The van der Waals surface area contributed by atoms with E-state index in [2.05, 4.69) is 21.9 Å². The summed E-state index contributed by atoms with van der Waals surface area (Å²) in [4.78, 5) is 4.70. The van der Waals surface area contributed by atoms with Crippen LogP contribution in [0.1, 0.15) is 0 Å². The molecule has 1 saturated heterocycles. The fourth-order valence-corrected chi connectivity index (χ4v) is 2.88. The van der Waals surface area contributed by atoms with Crippen LogP contribution in [0, 0.1) is 5.82 Å². The normalized spacial score (nSPS) is 15.3. The van der Waals surface area contributed by atoms with E-state index in [0.717, 1.165) is 38.5 Å². The zero-order valence-electron chi connectivity index (χ0n) is 14.0. The molecule has 1 aliphatic rings. The summed E-state index contributed by atoms with van der Waals surface area (Å²) >= 11 is 0. The average molecular weight is 330 g/mol. The van der Waals surface area contributed by atoms with E-state index in [0.29, 0.717) is 12.4 Å². The molecule has 0 bridgehead atoms. The summed E-state index contributed by atoms with van der Waals surface area (Å²) in [7, 11) is 1.69. The predicted molar refractivity (Wildman–Crippen MR) is 93.5 cm³/mol. The van der Waals surface area contributed by atoms with Crippen molar-refractivity contribution < 1.29 is 13.9 Å². The van der Waals surface area contributed by atoms with Crippen molar-refractivity contribution in [2.24, 2.45) is 0 Å². The van der Waals surface area contributed by atoms with Gasteiger partial charge in [-0.05, 0) is 24.3 Å². The van der Waals surface area contributed by atoms with Gasteiger partial charge in [0.05, 0.1) is 7.11 Å². The first-order chi connectivity index (χ1) is 11.8. The minimum absolute atomic E-state index is 0.305. The lowest BCUT2D eigenvalue weighted by Crippen LogP contribution is -2.47. The second-order valence-electron chi connectivity index (χ2n) is 5.81. The molecule has 0 aromatic heterocycles. The Balaban J connectivity index is 1.44. The van der Waals surface area contributed by atoms with Crippen molar-refractivity contribution in [3.05, 3.63) is 54.3 Å². The molecule has 2 aromatic carbocycles. The predicted octanol–water partition coefficient (Wildman–Crippen LogP) is 3.04. The second-order valence-corrected chi connectivity index (χ2v) is 5.81. The van der Waals surface area contributed by atoms with Gasteiger partial charge in [0, 0.05) is 44.5 Å². The summed E-state index contributed by atoms with van der Waals surface area (Å²) in [5.41, 5.74) is 1.19. The maximum atomic E-state index is 13.5. The van der Waals surface area contributed by atoms with Gasteiger partial charge in [0.2, 0.25) is 0 Å². The second kappa shape index (κ2) is 8.02. The van der Waals surface area contributed by atoms with Crippen LogP contribution in [0.2, 0.25) is 0 Å². The van der Waals surface area contributed by atoms with Crippen LogP contribution in [0.15, 0.2) is 48.5 Å². The molecule has 3 rings (SSSR count). The molecule has 0 spiro atoms. The molecule has 24 heavy (non-hydrogen) atoms. The number of piperazine rings is 1. The lowest BCUT2D eigenvalue weighted by molar-refractivity contribution is 0.196. The highest BCUT2D eigenvalue weighted by atomic mass is 19.1. The molecule has 4 nitrogen and oxygen atoms in total. The lowest BCUT2D eigenvalue weighted by atomic mass is 10.2. The van der Waals surface area contributed by atoms with Gasteiger partial charge in [0.1, 0.15) is 12.4 Å². The summed E-state index contributed by atoms with van der Waals surface area (Å²) in [5.74, 6) is 0.904. The van der Waals surface area contributed by atoms with Crippen LogP contribution in [-0.4, -0.2) is 51.3 Å². The van der Waals surface area contributed by atoms with Crippen LogP contribution in [0.5, 0.6) is 11.5 Å². The monoisotopic (exact) mass is 330 g/mol. The van der Waals surface area contributed by atoms with Crippen LogP contribution in [0.25, 0.3) is 0 Å². The molecular formula is C19H23FN2O2. The van der Waals surface area contributed by atoms with Crippen molar-refractivity contribution in [2.45, 2.75) is 0 Å². The molecule has 0 saturated carbocycles. The smallest absolute Gasteiger partial charge is 0.165 e. The first kappa shape index (κ1) is 16.6. The number of anilines is 1. The molecule has 128 valence electrons. The van der Waals surface area contributed by atoms with Crippen LogP contribution < -0.4 is 14.4 Å². The standard InChI is InChI=1S/C19H23FN2O2/c1-23-17-6-4-5-16(15-17)22-11-9-21(10-12-22)13-14-24-19-8-3-2-7-18(19)20/h2-8,15H,9-14H2,1H3. The Kier molecular flexibility index (Phi) is 5.54. The molecule has 0 atom stereocenters. The number of hydrogen-bond donors (Lipinski definition) is 0. The lowest BCUT2D eigenvalue weighted by Gasteiger charge is -2.36. The summed E-state index contributed by atoms with van der Waals surface area (Å²) in [6, 6.07) is 14.7. The zero-order chi connectivity index (χ0) is 16.8. The molecule has 1 fully saturated rings. The van der Waals surface area contributed by atoms with Gasteiger partial charge >= 0.3 is 0 Å². The Morgan fingerprint density at radius 1 is 1.00 bits per heavy atom. The first-order valence-corrected chi connectivity index (χ1v) is 8.25. The molecule has 0 N–H and O–H groups in total. The van der Waals surface area contributed by atoms with Gasteiger partial charge in [-0.15, -0.1) is 0 Å². The van der Waals surface area contributed by atoms with Crippen LogP contribution in [0.3, 0.4) is 0 Å². The van der Waals surface area contributed by atoms with E-state index in [4.69, 9.17) is 9.47 Å². The first-order valence-electron chi connectivity index (χ1n) is 8.25. The molecule has 0 amide bonds. The van der Waals surface area contributed by atoms with E-state index in [9.17, 15) is 4.39 Å². The Morgan fingerprint density at radius 3 is 2.54 bits per heavy atom. The highest BCUT2D eigenvalue weighted by molar-refractivity contribution is 5.51. The van der Waals surface area contributed by atoms with Gasteiger partial charge in [0.25, 0.3) is 0 Å². The Morgan fingerprint density at radius 2 is 1.79 bits per heavy atom. The van der Waals surface area contributed by atoms with E-state index in [-0.39, 0.29) is 5.82 Å². The SMILES string of the molecule is COc1cccc(N2CCN(CCOc3ccccc3F)CC2)c1. The Hall–Kier alpha value is -2.27. The van der Waals surface area contributed by atoms with Crippen LogP contribution in [0.4, 0.5) is 10.1 Å². The van der Waals surface area contributed by atoms with Crippen LogP contribution in [-0.2, 0) is 0 Å². The van der Waals surface area contributed by atoms with E-state index in [1.165, 1.54) is 11.8 Å². The summed E-state index contributed by atoms with van der Waals surface area (Å²) in [5, 5.41) is 0. The van der Waals surface area contributed by atoms with Crippen molar-refractivity contribution in [3.8, 4) is 11.5 Å². The molecule has 0 radical (unpaired) electrons. The van der Waals surface area contributed by atoms with E-state index < -0.39 is 0 Å².